The van der Waals surface area contributed by atoms with Crippen LogP contribution in [0.1, 0.15) is 26.7 Å². The molecule has 0 amide bonds. The van der Waals surface area contributed by atoms with E-state index in [9.17, 15) is 4.79 Å². The van der Waals surface area contributed by atoms with Crippen molar-refractivity contribution in [2.75, 3.05) is 6.61 Å². The average Bonchev–Trinajstić information content (AvgIpc) is 2.11. The number of allylic oxidation sites excluding steroid dienone is 1. The van der Waals surface area contributed by atoms with E-state index < -0.39 is 0 Å². The van der Waals surface area contributed by atoms with E-state index in [0.717, 1.165) is 0 Å². The van der Waals surface area contributed by atoms with Crippen molar-refractivity contribution in [3.05, 3.63) is 11.3 Å². The van der Waals surface area contributed by atoms with Crippen LogP contribution in [0.25, 0.3) is 0 Å². The van der Waals surface area contributed by atoms with Gasteiger partial charge < -0.3 is 10.5 Å². The molecule has 0 saturated carbocycles. The Kier molecular flexibility index (Phi) is 5.37. The van der Waals surface area contributed by atoms with Gasteiger partial charge in [-0.15, -0.1) is 0 Å². The second-order valence-corrected chi connectivity index (χ2v) is 2.56. The first-order valence-electron chi connectivity index (χ1n) is 4.12. The third kappa shape index (κ3) is 4.86. The lowest BCUT2D eigenvalue weighted by Crippen LogP contribution is -2.05. The summed E-state index contributed by atoms with van der Waals surface area (Å²) in [5, 5.41) is 8.66. The molecule has 2 N–H and O–H groups in total. The molecule has 0 fully saturated rings. The minimum atomic E-state index is -0.340. The second kappa shape index (κ2) is 6.06. The van der Waals surface area contributed by atoms with Crippen LogP contribution in [0.5, 0.6) is 0 Å². The van der Waals surface area contributed by atoms with Crippen molar-refractivity contribution in [2.45, 2.75) is 26.7 Å². The van der Waals surface area contributed by atoms with Gasteiger partial charge in [-0.1, -0.05) is 6.92 Å². The van der Waals surface area contributed by atoms with Gasteiger partial charge in [0.25, 0.3) is 0 Å². The van der Waals surface area contributed by atoms with Crippen LogP contribution in [0.4, 0.5) is 0 Å². The van der Waals surface area contributed by atoms with Crippen molar-refractivity contribution in [2.24, 2.45) is 5.73 Å². The number of rotatable bonds is 4. The summed E-state index contributed by atoms with van der Waals surface area (Å²) >= 11 is 0. The summed E-state index contributed by atoms with van der Waals surface area (Å²) < 4.78 is 4.69. The predicted molar refractivity (Wildman–Crippen MR) is 48.4 cm³/mol. The Hall–Kier alpha value is -1.50. The molecular weight excluding hydrogens is 168 g/mol. The molecule has 0 aromatic rings. The second-order valence-electron chi connectivity index (χ2n) is 2.56. The van der Waals surface area contributed by atoms with E-state index in [1.807, 2.05) is 13.0 Å². The highest BCUT2D eigenvalue weighted by molar-refractivity contribution is 5.65. The Bertz CT molecular complexity index is 251. The minimum absolute atomic E-state index is 0.221. The number of esters is 1. The fourth-order valence-corrected chi connectivity index (χ4v) is 0.798. The van der Waals surface area contributed by atoms with Gasteiger partial charge >= 0.3 is 5.97 Å². The highest BCUT2D eigenvalue weighted by Gasteiger charge is 2.02. The van der Waals surface area contributed by atoms with E-state index in [0.29, 0.717) is 24.1 Å². The first-order valence-corrected chi connectivity index (χ1v) is 4.12. The molecule has 72 valence electrons. The van der Waals surface area contributed by atoms with Crippen LogP contribution in [-0.4, -0.2) is 12.6 Å². The van der Waals surface area contributed by atoms with Crippen LogP contribution < -0.4 is 5.73 Å². The van der Waals surface area contributed by atoms with E-state index in [4.69, 9.17) is 11.0 Å². The smallest absolute Gasteiger partial charge is 0.302 e. The molecule has 0 atom stereocenters. The molecule has 0 spiro atoms. The number of carbonyl (C=O) groups excluding carboxylic acids is 1. The number of nitriles is 1. The van der Waals surface area contributed by atoms with Crippen LogP contribution in [-0.2, 0) is 9.53 Å². The molecule has 0 aliphatic carbocycles. The summed E-state index contributed by atoms with van der Waals surface area (Å²) in [5.41, 5.74) is 6.63. The Morgan fingerprint density at radius 3 is 2.62 bits per heavy atom. The largest absolute Gasteiger partial charge is 0.465 e. The topological polar surface area (TPSA) is 76.1 Å². The lowest BCUT2D eigenvalue weighted by atomic mass is 10.1. The number of nitrogens with two attached hydrogens (primary N) is 1. The summed E-state index contributed by atoms with van der Waals surface area (Å²) in [5.74, 6) is -0.340. The van der Waals surface area contributed by atoms with Gasteiger partial charge in [0.05, 0.1) is 18.2 Å². The predicted octanol–water partition coefficient (Wildman–Crippen LogP) is 1.09. The number of hydrogen-bond acceptors (Lipinski definition) is 4. The fourth-order valence-electron chi connectivity index (χ4n) is 0.798. The first kappa shape index (κ1) is 11.5. The van der Waals surface area contributed by atoms with E-state index in [1.165, 1.54) is 6.92 Å². The van der Waals surface area contributed by atoms with Gasteiger partial charge in [0, 0.05) is 19.0 Å². The van der Waals surface area contributed by atoms with Crippen LogP contribution in [0.2, 0.25) is 0 Å². The van der Waals surface area contributed by atoms with Gasteiger partial charge in [-0.2, -0.15) is 5.26 Å². The minimum Gasteiger partial charge on any atom is -0.465 e. The van der Waals surface area contributed by atoms with Gasteiger partial charge in [-0.25, -0.2) is 0 Å². The molecule has 0 aromatic heterocycles. The van der Waals surface area contributed by atoms with Crippen LogP contribution in [0, 0.1) is 11.3 Å². The Labute approximate surface area is 78.0 Å². The molecule has 0 radical (unpaired) electrons. The van der Waals surface area contributed by atoms with Crippen molar-refractivity contribution in [3.63, 3.8) is 0 Å². The maximum Gasteiger partial charge on any atom is 0.302 e. The number of hydrogen-bond donors (Lipinski definition) is 1. The summed E-state index contributed by atoms with van der Waals surface area (Å²) in [6, 6.07) is 1.99. The van der Waals surface area contributed by atoms with Crippen LogP contribution >= 0.6 is 0 Å². The first-order chi connectivity index (χ1) is 6.11. The maximum absolute atomic E-state index is 10.4. The molecule has 0 aliphatic rings. The average molecular weight is 182 g/mol. The highest BCUT2D eigenvalue weighted by Crippen LogP contribution is 2.06. The molecule has 0 rings (SSSR count). The zero-order valence-electron chi connectivity index (χ0n) is 7.96. The van der Waals surface area contributed by atoms with Crippen LogP contribution in [0.15, 0.2) is 11.3 Å². The normalized spacial score (nSPS) is 11.5. The molecule has 0 saturated heterocycles. The zero-order chi connectivity index (χ0) is 10.3. The van der Waals surface area contributed by atoms with E-state index in [1.54, 1.807) is 0 Å². The highest BCUT2D eigenvalue weighted by atomic mass is 16.5. The Morgan fingerprint density at radius 2 is 2.23 bits per heavy atom. The SMILES string of the molecule is CC/C(N)=C(\C#N)CCOC(C)=O. The third-order valence-corrected chi connectivity index (χ3v) is 1.56. The van der Waals surface area contributed by atoms with Crippen molar-refractivity contribution < 1.29 is 9.53 Å². The maximum atomic E-state index is 10.4. The van der Waals surface area contributed by atoms with Gasteiger partial charge in [-0.05, 0) is 6.42 Å². The fraction of sp³-hybridized carbons (Fsp3) is 0.556. The van der Waals surface area contributed by atoms with Crippen LogP contribution in [0.3, 0.4) is 0 Å². The lowest BCUT2D eigenvalue weighted by molar-refractivity contribution is -0.140. The molecule has 13 heavy (non-hydrogen) atoms. The van der Waals surface area contributed by atoms with Crippen molar-refractivity contribution in [1.29, 1.82) is 5.26 Å². The van der Waals surface area contributed by atoms with E-state index in [2.05, 4.69) is 4.74 Å². The monoisotopic (exact) mass is 182 g/mol. The van der Waals surface area contributed by atoms with Crippen molar-refractivity contribution >= 4 is 5.97 Å². The quantitative estimate of drug-likeness (QED) is 0.521. The summed E-state index contributed by atoms with van der Waals surface area (Å²) in [4.78, 5) is 10.4. The Morgan fingerprint density at radius 1 is 1.62 bits per heavy atom. The van der Waals surface area contributed by atoms with E-state index in [-0.39, 0.29) is 12.6 Å². The zero-order valence-corrected chi connectivity index (χ0v) is 7.96. The molecular formula is C9H14N2O2. The van der Waals surface area contributed by atoms with Gasteiger partial charge in [-0.3, -0.25) is 4.79 Å². The standard InChI is InChI=1S/C9H14N2O2/c1-3-9(11)8(6-10)4-5-13-7(2)12/h3-5,11H2,1-2H3/b9-8+. The molecule has 0 unspecified atom stereocenters. The Balaban J connectivity index is 4.03. The molecule has 0 aromatic carbocycles. The van der Waals surface area contributed by atoms with E-state index >= 15 is 0 Å². The summed E-state index contributed by atoms with van der Waals surface area (Å²) in [6.07, 6.45) is 1.04. The molecule has 0 aliphatic heterocycles. The molecule has 4 heteroatoms. The molecule has 0 heterocycles. The third-order valence-electron chi connectivity index (χ3n) is 1.56. The summed E-state index contributed by atoms with van der Waals surface area (Å²) in [7, 11) is 0. The summed E-state index contributed by atoms with van der Waals surface area (Å²) in [6.45, 7) is 3.43. The number of nitrogens with zero attached hydrogens (tertiary/aromatic N) is 1. The molecule has 0 bridgehead atoms. The number of carbonyl (C=O) groups is 1. The molecule has 4 nitrogen and oxygen atoms in total. The van der Waals surface area contributed by atoms with Crippen molar-refractivity contribution in [1.82, 2.24) is 0 Å². The van der Waals surface area contributed by atoms with Crippen molar-refractivity contribution in [3.8, 4) is 6.07 Å². The lowest BCUT2D eigenvalue weighted by Gasteiger charge is -2.03. The van der Waals surface area contributed by atoms with Gasteiger partial charge in [0.1, 0.15) is 0 Å². The van der Waals surface area contributed by atoms with Gasteiger partial charge in [0.15, 0.2) is 0 Å². The number of ether oxygens (including phenoxy) is 1. The van der Waals surface area contributed by atoms with Gasteiger partial charge in [0.2, 0.25) is 0 Å².